The number of ether oxygens (including phenoxy) is 2. The molecule has 0 atom stereocenters. The van der Waals surface area contributed by atoms with E-state index in [1.54, 1.807) is 54.7 Å². The highest BCUT2D eigenvalue weighted by Gasteiger charge is 2.07. The molecule has 67 heavy (non-hydrogen) atoms. The number of carbonyl (C=O) groups excluding carboxylic acids is 2. The van der Waals surface area contributed by atoms with Crippen molar-refractivity contribution < 1.29 is 29.0 Å². The highest BCUT2D eigenvalue weighted by molar-refractivity contribution is 6.04. The molecule has 0 aliphatic rings. The van der Waals surface area contributed by atoms with Crippen molar-refractivity contribution in [3.63, 3.8) is 0 Å². The number of nitrogens with two attached hydrogens (primary N) is 1. The van der Waals surface area contributed by atoms with Crippen LogP contribution in [0.4, 0.5) is 5.69 Å². The van der Waals surface area contributed by atoms with Crippen LogP contribution in [0.5, 0.6) is 23.0 Å². The van der Waals surface area contributed by atoms with Gasteiger partial charge in [0.15, 0.2) is 0 Å². The van der Waals surface area contributed by atoms with Gasteiger partial charge in [-0.15, -0.1) is 0 Å². The average Bonchev–Trinajstić information content (AvgIpc) is 3.37. The maximum absolute atomic E-state index is 12.2. The number of hydrogen-bond donors (Lipinski definition) is 5. The predicted molar refractivity (Wildman–Crippen MR) is 262 cm³/mol. The highest BCUT2D eigenvalue weighted by atomic mass is 16.5. The number of carboxylic acid groups (broad SMARTS) is 1. The minimum atomic E-state index is -0.990. The van der Waals surface area contributed by atoms with Crippen LogP contribution in [0.2, 0.25) is 0 Å². The third-order valence-electron chi connectivity index (χ3n) is 9.90. The number of nitrogens with zero attached hydrogens (tertiary/aromatic N) is 2. The second-order valence-electron chi connectivity index (χ2n) is 14.9. The number of aromatic carboxylic acids is 1. The lowest BCUT2D eigenvalue weighted by atomic mass is 10.1. The Labute approximate surface area is 390 Å². The standard InChI is InChI=1S/C27H25N3O2.C22H22N2O2.C6H5NO2/c31-27(23-7-4-17-28-20-23)30-24-10-14-26(15-11-24)32-25-12-8-21(9-13-25)16-18-29-19-22-5-2-1-3-6-22;23-22(25)19-8-12-21(13-9-19)26-20-10-6-17(7-11-20)14-15-24-16-18-4-2-1-3-5-18;8-6(9)5-3-1-2-4-7-5/h1-15,17,20,29H,16,18-19H2,(H,30,31);1-13,24H,14-16H2,(H2,23,25);1-4H,(H,8,9). The number of amides is 2. The number of benzene rings is 6. The Morgan fingerprint density at radius 1 is 0.493 bits per heavy atom. The first-order valence-corrected chi connectivity index (χ1v) is 21.7. The lowest BCUT2D eigenvalue weighted by Crippen LogP contribution is -2.16. The summed E-state index contributed by atoms with van der Waals surface area (Å²) < 4.78 is 11.7. The molecule has 0 saturated carbocycles. The zero-order valence-electron chi connectivity index (χ0n) is 36.8. The summed E-state index contributed by atoms with van der Waals surface area (Å²) in [5, 5.41) is 18.1. The number of pyridine rings is 2. The molecule has 0 radical (unpaired) electrons. The van der Waals surface area contributed by atoms with Crippen molar-refractivity contribution in [3.8, 4) is 23.0 Å². The van der Waals surface area contributed by atoms with Crippen molar-refractivity contribution in [1.82, 2.24) is 20.6 Å². The van der Waals surface area contributed by atoms with E-state index in [2.05, 4.69) is 98.7 Å². The minimum absolute atomic E-state index is 0.0810. The van der Waals surface area contributed by atoms with Gasteiger partial charge in [0, 0.05) is 42.9 Å². The molecule has 0 aliphatic carbocycles. The van der Waals surface area contributed by atoms with E-state index < -0.39 is 11.9 Å². The molecule has 2 amide bonds. The highest BCUT2D eigenvalue weighted by Crippen LogP contribution is 2.25. The van der Waals surface area contributed by atoms with E-state index in [0.29, 0.717) is 28.3 Å². The van der Waals surface area contributed by atoms with Gasteiger partial charge in [-0.05, 0) is 145 Å². The zero-order valence-corrected chi connectivity index (χ0v) is 36.8. The van der Waals surface area contributed by atoms with Crippen molar-refractivity contribution in [2.24, 2.45) is 5.73 Å². The van der Waals surface area contributed by atoms with Gasteiger partial charge in [-0.1, -0.05) is 91.0 Å². The Morgan fingerprint density at radius 2 is 0.970 bits per heavy atom. The fourth-order valence-electron chi connectivity index (χ4n) is 6.33. The van der Waals surface area contributed by atoms with E-state index in [9.17, 15) is 14.4 Å². The number of anilines is 1. The van der Waals surface area contributed by atoms with E-state index in [1.807, 2.05) is 60.7 Å². The first-order valence-electron chi connectivity index (χ1n) is 21.7. The minimum Gasteiger partial charge on any atom is -0.477 e. The molecule has 12 heteroatoms. The molecule has 0 aliphatic heterocycles. The normalized spacial score (nSPS) is 10.3. The first kappa shape index (κ1) is 48.0. The van der Waals surface area contributed by atoms with Crippen LogP contribution in [0.15, 0.2) is 207 Å². The van der Waals surface area contributed by atoms with Crippen LogP contribution in [0, 0.1) is 0 Å². The molecule has 0 unspecified atom stereocenters. The summed E-state index contributed by atoms with van der Waals surface area (Å²) in [6, 6.07) is 59.2. The Kier molecular flexibility index (Phi) is 18.9. The van der Waals surface area contributed by atoms with Gasteiger partial charge in [-0.25, -0.2) is 9.78 Å². The van der Waals surface area contributed by atoms with E-state index in [-0.39, 0.29) is 11.6 Å². The predicted octanol–water partition coefficient (Wildman–Crippen LogP) is 10.1. The molecule has 0 bridgehead atoms. The Hall–Kier alpha value is -8.45. The molecule has 0 fully saturated rings. The molecular weight excluding hydrogens is 841 g/mol. The van der Waals surface area contributed by atoms with Crippen molar-refractivity contribution in [3.05, 3.63) is 246 Å². The van der Waals surface area contributed by atoms with Crippen LogP contribution in [-0.4, -0.2) is 45.9 Å². The first-order chi connectivity index (χ1) is 32.8. The van der Waals surface area contributed by atoms with Gasteiger partial charge < -0.3 is 36.3 Å². The zero-order chi connectivity index (χ0) is 46.9. The molecule has 12 nitrogen and oxygen atoms in total. The van der Waals surface area contributed by atoms with Crippen LogP contribution >= 0.6 is 0 Å². The van der Waals surface area contributed by atoms with Crippen molar-refractivity contribution in [2.45, 2.75) is 25.9 Å². The summed E-state index contributed by atoms with van der Waals surface area (Å²) in [5.41, 5.74) is 12.1. The molecule has 2 aromatic heterocycles. The number of hydrogen-bond acceptors (Lipinski definition) is 9. The molecule has 6 aromatic carbocycles. The summed E-state index contributed by atoms with van der Waals surface area (Å²) in [6.07, 6.45) is 6.54. The van der Waals surface area contributed by atoms with E-state index >= 15 is 0 Å². The molecule has 6 N–H and O–H groups in total. The Bertz CT molecular complexity index is 2690. The van der Waals surface area contributed by atoms with Gasteiger partial charge in [-0.2, -0.15) is 0 Å². The molecule has 8 aromatic rings. The van der Waals surface area contributed by atoms with Crippen molar-refractivity contribution in [1.29, 1.82) is 0 Å². The monoisotopic (exact) mass is 892 g/mol. The average molecular weight is 893 g/mol. The van der Waals surface area contributed by atoms with Gasteiger partial charge in [0.25, 0.3) is 5.91 Å². The number of carbonyl (C=O) groups is 3. The molecule has 8 rings (SSSR count). The maximum Gasteiger partial charge on any atom is 0.354 e. The van der Waals surface area contributed by atoms with Gasteiger partial charge in [0.05, 0.1) is 5.56 Å². The van der Waals surface area contributed by atoms with Crippen LogP contribution in [0.25, 0.3) is 0 Å². The summed E-state index contributed by atoms with van der Waals surface area (Å²) in [7, 11) is 0. The van der Waals surface area contributed by atoms with Crippen LogP contribution in [0.3, 0.4) is 0 Å². The maximum atomic E-state index is 12.2. The number of aromatic nitrogens is 2. The second kappa shape index (κ2) is 26.4. The van der Waals surface area contributed by atoms with E-state index in [0.717, 1.165) is 50.5 Å². The number of primary amides is 1. The fraction of sp³-hybridized carbons (Fsp3) is 0.109. The van der Waals surface area contributed by atoms with Crippen molar-refractivity contribution in [2.75, 3.05) is 18.4 Å². The van der Waals surface area contributed by atoms with Crippen molar-refractivity contribution >= 4 is 23.5 Å². The summed E-state index contributed by atoms with van der Waals surface area (Å²) in [5.74, 6) is 1.29. The Morgan fingerprint density at radius 3 is 1.39 bits per heavy atom. The largest absolute Gasteiger partial charge is 0.477 e. The molecule has 0 saturated heterocycles. The lowest BCUT2D eigenvalue weighted by Gasteiger charge is -2.09. The SMILES string of the molecule is NC(=O)c1ccc(Oc2ccc(CCNCc3ccccc3)cc2)cc1.O=C(Nc1ccc(Oc2ccc(CCNCc3ccccc3)cc2)cc1)c1cccnc1.O=C(O)c1ccccn1. The third-order valence-corrected chi connectivity index (χ3v) is 9.90. The number of rotatable bonds is 18. The molecular formula is C55H52N6O6. The fourth-order valence-corrected chi connectivity index (χ4v) is 6.33. The second-order valence-corrected chi connectivity index (χ2v) is 14.9. The van der Waals surface area contributed by atoms with Crippen LogP contribution < -0.4 is 31.2 Å². The van der Waals surface area contributed by atoms with Gasteiger partial charge in [0.2, 0.25) is 5.91 Å². The van der Waals surface area contributed by atoms with Gasteiger partial charge in [0.1, 0.15) is 28.7 Å². The molecule has 2 heterocycles. The quantitative estimate of drug-likeness (QED) is 0.0521. The molecule has 0 spiro atoms. The summed E-state index contributed by atoms with van der Waals surface area (Å²) in [6.45, 7) is 3.59. The van der Waals surface area contributed by atoms with Crippen LogP contribution in [-0.2, 0) is 25.9 Å². The van der Waals surface area contributed by atoms with E-state index in [4.69, 9.17) is 20.3 Å². The smallest absolute Gasteiger partial charge is 0.354 e. The summed E-state index contributed by atoms with van der Waals surface area (Å²) >= 11 is 0. The lowest BCUT2D eigenvalue weighted by molar-refractivity contribution is 0.0690. The van der Waals surface area contributed by atoms with Gasteiger partial charge >= 0.3 is 5.97 Å². The topological polar surface area (TPSA) is 178 Å². The molecule has 338 valence electrons. The number of nitrogens with one attached hydrogen (secondary N) is 3. The van der Waals surface area contributed by atoms with Crippen LogP contribution in [0.1, 0.15) is 53.5 Å². The van der Waals surface area contributed by atoms with Gasteiger partial charge in [-0.3, -0.25) is 14.6 Å². The van der Waals surface area contributed by atoms with E-state index in [1.165, 1.54) is 40.7 Å². The summed E-state index contributed by atoms with van der Waals surface area (Å²) in [4.78, 5) is 41.0. The third kappa shape index (κ3) is 17.2. The Balaban J connectivity index is 0.000000189. The number of carboxylic acids is 1.